The van der Waals surface area contributed by atoms with E-state index in [1.165, 1.54) is 6.20 Å². The zero-order chi connectivity index (χ0) is 13.1. The number of hydrogen-bond acceptors (Lipinski definition) is 4. The van der Waals surface area contributed by atoms with Crippen LogP contribution >= 0.6 is 0 Å². The van der Waals surface area contributed by atoms with Gasteiger partial charge in [0.05, 0.1) is 11.3 Å². The topological polar surface area (TPSA) is 70.5 Å². The van der Waals surface area contributed by atoms with E-state index in [1.807, 2.05) is 6.92 Å². The van der Waals surface area contributed by atoms with Crippen LogP contribution in [0.3, 0.4) is 0 Å². The molecule has 1 aliphatic rings. The van der Waals surface area contributed by atoms with Crippen molar-refractivity contribution in [1.82, 2.24) is 9.88 Å². The Kier molecular flexibility index (Phi) is 3.72. The fourth-order valence-electron chi connectivity index (χ4n) is 2.11. The second kappa shape index (κ2) is 5.27. The van der Waals surface area contributed by atoms with Crippen LogP contribution in [0.4, 0.5) is 0 Å². The maximum absolute atomic E-state index is 11.4. The number of carboxylic acids is 1. The molecule has 18 heavy (non-hydrogen) atoms. The van der Waals surface area contributed by atoms with E-state index in [9.17, 15) is 9.59 Å². The molecule has 1 aliphatic heterocycles. The molecule has 1 aromatic rings. The molecule has 0 saturated carbocycles. The summed E-state index contributed by atoms with van der Waals surface area (Å²) in [6.07, 6.45) is 1.96. The number of pyridine rings is 1. The number of rotatable bonds is 3. The summed E-state index contributed by atoms with van der Waals surface area (Å²) in [5, 5.41) is 8.77. The number of aromatic nitrogens is 1. The van der Waals surface area contributed by atoms with E-state index in [2.05, 4.69) is 9.88 Å². The lowest BCUT2D eigenvalue weighted by Crippen LogP contribution is -2.39. The fourth-order valence-corrected chi connectivity index (χ4v) is 2.11. The van der Waals surface area contributed by atoms with Crippen LogP contribution in [-0.4, -0.2) is 39.8 Å². The lowest BCUT2D eigenvalue weighted by atomic mass is 9.98. The molecular weight excluding hydrogens is 232 g/mol. The van der Waals surface area contributed by atoms with Gasteiger partial charge in [-0.1, -0.05) is 6.92 Å². The zero-order valence-corrected chi connectivity index (χ0v) is 10.3. The lowest BCUT2D eigenvalue weighted by Gasteiger charge is -2.29. The van der Waals surface area contributed by atoms with Gasteiger partial charge >= 0.3 is 5.97 Å². The third-order valence-corrected chi connectivity index (χ3v) is 3.21. The van der Waals surface area contributed by atoms with Gasteiger partial charge in [-0.2, -0.15) is 0 Å². The Bertz CT molecular complexity index is 456. The van der Waals surface area contributed by atoms with Crippen LogP contribution in [0.1, 0.15) is 29.4 Å². The molecule has 1 aromatic heterocycles. The molecule has 0 aromatic carbocycles. The number of carbonyl (C=O) groups is 2. The summed E-state index contributed by atoms with van der Waals surface area (Å²) in [7, 11) is 0. The molecule has 1 saturated heterocycles. The van der Waals surface area contributed by atoms with E-state index >= 15 is 0 Å². The minimum absolute atomic E-state index is 0.0806. The molecule has 0 amide bonds. The number of nitrogens with zero attached hydrogens (tertiary/aromatic N) is 2. The van der Waals surface area contributed by atoms with Crippen LogP contribution in [0.15, 0.2) is 18.3 Å². The average Bonchev–Trinajstić information content (AvgIpc) is 2.34. The molecule has 2 rings (SSSR count). The number of ketones is 1. The summed E-state index contributed by atoms with van der Waals surface area (Å²) in [6.45, 7) is 4.11. The van der Waals surface area contributed by atoms with Crippen molar-refractivity contribution < 1.29 is 14.7 Å². The summed E-state index contributed by atoms with van der Waals surface area (Å²) in [6, 6.07) is 3.29. The van der Waals surface area contributed by atoms with Gasteiger partial charge in [-0.3, -0.25) is 14.7 Å². The van der Waals surface area contributed by atoms with Gasteiger partial charge in [0.25, 0.3) is 0 Å². The van der Waals surface area contributed by atoms with Crippen molar-refractivity contribution in [3.63, 3.8) is 0 Å². The molecule has 0 aliphatic carbocycles. The predicted molar refractivity (Wildman–Crippen MR) is 65.3 cm³/mol. The lowest BCUT2D eigenvalue weighted by molar-refractivity contribution is -0.125. The standard InChI is InChI=1S/C13H16N2O3/c1-9-7-15(5-4-12(9)16)8-11-3-2-10(6-14-11)13(17)18/h2-3,6,9H,4-5,7-8H2,1H3,(H,17,18). The summed E-state index contributed by atoms with van der Waals surface area (Å²) in [5.41, 5.74) is 1.03. The van der Waals surface area contributed by atoms with E-state index in [-0.39, 0.29) is 11.5 Å². The van der Waals surface area contributed by atoms with E-state index in [1.54, 1.807) is 12.1 Å². The number of likely N-dealkylation sites (tertiary alicyclic amines) is 1. The number of carboxylic acid groups (broad SMARTS) is 1. The molecule has 96 valence electrons. The highest BCUT2D eigenvalue weighted by Gasteiger charge is 2.23. The smallest absolute Gasteiger partial charge is 0.337 e. The number of Topliss-reactive ketones (excluding diaryl/α,β-unsaturated/α-hetero) is 1. The Hall–Kier alpha value is -1.75. The Labute approximate surface area is 105 Å². The monoisotopic (exact) mass is 248 g/mol. The van der Waals surface area contributed by atoms with Gasteiger partial charge < -0.3 is 5.11 Å². The van der Waals surface area contributed by atoms with Crippen LogP contribution < -0.4 is 0 Å². The number of carbonyl (C=O) groups excluding carboxylic acids is 1. The summed E-state index contributed by atoms with van der Waals surface area (Å²) in [4.78, 5) is 28.4. The predicted octanol–water partition coefficient (Wildman–Crippen LogP) is 1.19. The first-order valence-corrected chi connectivity index (χ1v) is 5.99. The Morgan fingerprint density at radius 1 is 1.56 bits per heavy atom. The third kappa shape index (κ3) is 2.92. The van der Waals surface area contributed by atoms with Gasteiger partial charge in [0, 0.05) is 38.2 Å². The molecule has 5 nitrogen and oxygen atoms in total. The maximum atomic E-state index is 11.4. The van der Waals surface area contributed by atoms with E-state index in [0.717, 1.165) is 18.8 Å². The van der Waals surface area contributed by atoms with Crippen LogP contribution in [0.2, 0.25) is 0 Å². The normalized spacial score (nSPS) is 20.9. The quantitative estimate of drug-likeness (QED) is 0.870. The Morgan fingerprint density at radius 3 is 2.89 bits per heavy atom. The molecule has 0 spiro atoms. The third-order valence-electron chi connectivity index (χ3n) is 3.21. The zero-order valence-electron chi connectivity index (χ0n) is 10.3. The van der Waals surface area contributed by atoms with Gasteiger partial charge in [0.1, 0.15) is 5.78 Å². The molecule has 0 bridgehead atoms. The number of aromatic carboxylic acids is 1. The van der Waals surface area contributed by atoms with Crippen molar-refractivity contribution in [2.45, 2.75) is 19.9 Å². The van der Waals surface area contributed by atoms with E-state index in [4.69, 9.17) is 5.11 Å². The fraction of sp³-hybridized carbons (Fsp3) is 0.462. The molecular formula is C13H16N2O3. The molecule has 1 N–H and O–H groups in total. The van der Waals surface area contributed by atoms with Crippen LogP contribution in [-0.2, 0) is 11.3 Å². The first kappa shape index (κ1) is 12.7. The van der Waals surface area contributed by atoms with Crippen LogP contribution in [0.5, 0.6) is 0 Å². The average molecular weight is 248 g/mol. The highest BCUT2D eigenvalue weighted by atomic mass is 16.4. The van der Waals surface area contributed by atoms with Gasteiger partial charge in [-0.05, 0) is 12.1 Å². The molecule has 0 radical (unpaired) electrons. The summed E-state index contributed by atoms with van der Waals surface area (Å²) < 4.78 is 0. The molecule has 1 atom stereocenters. The Balaban J connectivity index is 1.97. The first-order valence-electron chi connectivity index (χ1n) is 5.99. The van der Waals surface area contributed by atoms with Crippen molar-refractivity contribution in [1.29, 1.82) is 0 Å². The largest absolute Gasteiger partial charge is 0.478 e. The van der Waals surface area contributed by atoms with Crippen molar-refractivity contribution in [3.8, 4) is 0 Å². The maximum Gasteiger partial charge on any atom is 0.337 e. The minimum Gasteiger partial charge on any atom is -0.478 e. The van der Waals surface area contributed by atoms with Gasteiger partial charge in [0.15, 0.2) is 0 Å². The number of piperidine rings is 1. The van der Waals surface area contributed by atoms with Gasteiger partial charge in [0.2, 0.25) is 0 Å². The minimum atomic E-state index is -0.966. The van der Waals surface area contributed by atoms with Crippen molar-refractivity contribution in [2.24, 2.45) is 5.92 Å². The van der Waals surface area contributed by atoms with Gasteiger partial charge in [-0.25, -0.2) is 4.79 Å². The van der Waals surface area contributed by atoms with Crippen LogP contribution in [0, 0.1) is 5.92 Å². The second-order valence-corrected chi connectivity index (χ2v) is 4.70. The van der Waals surface area contributed by atoms with Crippen molar-refractivity contribution in [3.05, 3.63) is 29.6 Å². The summed E-state index contributed by atoms with van der Waals surface area (Å²) in [5.74, 6) is -0.566. The molecule has 1 unspecified atom stereocenters. The molecule has 1 fully saturated rings. The van der Waals surface area contributed by atoms with E-state index < -0.39 is 5.97 Å². The van der Waals surface area contributed by atoms with Gasteiger partial charge in [-0.15, -0.1) is 0 Å². The SMILES string of the molecule is CC1CN(Cc2ccc(C(=O)O)cn2)CCC1=O. The highest BCUT2D eigenvalue weighted by Crippen LogP contribution is 2.14. The van der Waals surface area contributed by atoms with Crippen molar-refractivity contribution in [2.75, 3.05) is 13.1 Å². The molecule has 5 heteroatoms. The first-order chi connectivity index (χ1) is 8.56. The molecule has 2 heterocycles. The highest BCUT2D eigenvalue weighted by molar-refractivity contribution is 5.87. The number of hydrogen-bond donors (Lipinski definition) is 1. The second-order valence-electron chi connectivity index (χ2n) is 4.70. The van der Waals surface area contributed by atoms with Crippen LogP contribution in [0.25, 0.3) is 0 Å². The van der Waals surface area contributed by atoms with Crippen molar-refractivity contribution >= 4 is 11.8 Å². The van der Waals surface area contributed by atoms with E-state index in [0.29, 0.717) is 18.7 Å². The Morgan fingerprint density at radius 2 is 2.33 bits per heavy atom. The summed E-state index contributed by atoms with van der Waals surface area (Å²) >= 11 is 0.